The molecular formula is C11H14N2O. The van der Waals surface area contributed by atoms with E-state index in [1.165, 1.54) is 5.56 Å². The first kappa shape index (κ1) is 9.06. The maximum atomic E-state index is 5.36. The standard InChI is InChI=1S/C11H14N2O/c1-13(11-12-7-8-14-11)9-10-5-3-2-4-6-10/h2-6H,7-9H2,1H3. The van der Waals surface area contributed by atoms with Crippen LogP contribution in [0.4, 0.5) is 0 Å². The van der Waals surface area contributed by atoms with E-state index in [2.05, 4.69) is 17.1 Å². The number of aliphatic imine (C=N–C) groups is 1. The molecule has 0 atom stereocenters. The lowest BCUT2D eigenvalue weighted by molar-refractivity contribution is 0.279. The third-order valence-electron chi connectivity index (χ3n) is 2.16. The van der Waals surface area contributed by atoms with E-state index < -0.39 is 0 Å². The monoisotopic (exact) mass is 190 g/mol. The fourth-order valence-electron chi connectivity index (χ4n) is 1.48. The van der Waals surface area contributed by atoms with Gasteiger partial charge in [-0.15, -0.1) is 0 Å². The van der Waals surface area contributed by atoms with Gasteiger partial charge in [0.05, 0.1) is 6.54 Å². The van der Waals surface area contributed by atoms with E-state index in [0.717, 1.165) is 19.1 Å². The van der Waals surface area contributed by atoms with Crippen molar-refractivity contribution in [2.24, 2.45) is 4.99 Å². The molecule has 74 valence electrons. The van der Waals surface area contributed by atoms with Crippen molar-refractivity contribution < 1.29 is 4.74 Å². The van der Waals surface area contributed by atoms with Gasteiger partial charge in [-0.1, -0.05) is 30.3 Å². The highest BCUT2D eigenvalue weighted by atomic mass is 16.5. The SMILES string of the molecule is CN(Cc1ccccc1)C1=NCCO1. The highest BCUT2D eigenvalue weighted by Gasteiger charge is 2.12. The zero-order valence-electron chi connectivity index (χ0n) is 8.31. The first-order valence-electron chi connectivity index (χ1n) is 4.78. The molecule has 3 nitrogen and oxygen atoms in total. The van der Waals surface area contributed by atoms with Crippen LogP contribution in [0, 0.1) is 0 Å². The summed E-state index contributed by atoms with van der Waals surface area (Å²) in [7, 11) is 2.00. The maximum Gasteiger partial charge on any atom is 0.287 e. The predicted molar refractivity (Wildman–Crippen MR) is 56.2 cm³/mol. The zero-order valence-corrected chi connectivity index (χ0v) is 8.31. The molecule has 14 heavy (non-hydrogen) atoms. The van der Waals surface area contributed by atoms with Gasteiger partial charge in [0.15, 0.2) is 0 Å². The summed E-state index contributed by atoms with van der Waals surface area (Å²) >= 11 is 0. The largest absolute Gasteiger partial charge is 0.463 e. The van der Waals surface area contributed by atoms with Crippen molar-refractivity contribution in [1.29, 1.82) is 0 Å². The van der Waals surface area contributed by atoms with Crippen LogP contribution in [0.15, 0.2) is 35.3 Å². The van der Waals surface area contributed by atoms with Crippen LogP contribution in [0.3, 0.4) is 0 Å². The highest BCUT2D eigenvalue weighted by Crippen LogP contribution is 2.06. The van der Waals surface area contributed by atoms with Crippen molar-refractivity contribution in [3.8, 4) is 0 Å². The predicted octanol–water partition coefficient (Wildman–Crippen LogP) is 1.50. The van der Waals surface area contributed by atoms with Crippen LogP contribution < -0.4 is 0 Å². The Kier molecular flexibility index (Phi) is 2.68. The number of hydrogen-bond donors (Lipinski definition) is 0. The van der Waals surface area contributed by atoms with Gasteiger partial charge < -0.3 is 9.64 Å². The Bertz CT molecular complexity index is 321. The summed E-state index contributed by atoms with van der Waals surface area (Å²) in [5.41, 5.74) is 1.27. The number of nitrogens with zero attached hydrogens (tertiary/aromatic N) is 2. The average Bonchev–Trinajstić information content (AvgIpc) is 2.72. The molecule has 0 radical (unpaired) electrons. The molecule has 0 bridgehead atoms. The van der Waals surface area contributed by atoms with Crippen LogP contribution in [0.5, 0.6) is 0 Å². The number of benzene rings is 1. The van der Waals surface area contributed by atoms with E-state index >= 15 is 0 Å². The summed E-state index contributed by atoms with van der Waals surface area (Å²) in [6.45, 7) is 2.35. The van der Waals surface area contributed by atoms with Crippen molar-refractivity contribution in [2.75, 3.05) is 20.2 Å². The molecule has 1 aromatic carbocycles. The summed E-state index contributed by atoms with van der Waals surface area (Å²) in [6, 6.07) is 11.1. The molecule has 0 saturated heterocycles. The molecule has 2 rings (SSSR count). The topological polar surface area (TPSA) is 24.8 Å². The molecule has 1 aliphatic heterocycles. The average molecular weight is 190 g/mol. The van der Waals surface area contributed by atoms with Gasteiger partial charge in [0.25, 0.3) is 6.02 Å². The van der Waals surface area contributed by atoms with Gasteiger partial charge in [0.1, 0.15) is 6.61 Å². The molecular weight excluding hydrogens is 176 g/mol. The minimum atomic E-state index is 0.717. The normalized spacial score (nSPS) is 14.8. The molecule has 0 saturated carbocycles. The molecule has 3 heteroatoms. The molecule has 0 aliphatic carbocycles. The molecule has 1 aliphatic rings. The lowest BCUT2D eigenvalue weighted by Crippen LogP contribution is -2.26. The van der Waals surface area contributed by atoms with Crippen molar-refractivity contribution >= 4 is 6.02 Å². The van der Waals surface area contributed by atoms with Gasteiger partial charge in [-0.25, -0.2) is 4.99 Å². The van der Waals surface area contributed by atoms with E-state index in [9.17, 15) is 0 Å². The minimum Gasteiger partial charge on any atom is -0.463 e. The fourth-order valence-corrected chi connectivity index (χ4v) is 1.48. The van der Waals surface area contributed by atoms with E-state index in [4.69, 9.17) is 4.74 Å². The summed E-state index contributed by atoms with van der Waals surface area (Å²) in [5.74, 6) is 0. The summed E-state index contributed by atoms with van der Waals surface area (Å²) in [4.78, 5) is 6.28. The summed E-state index contributed by atoms with van der Waals surface area (Å²) in [6.07, 6.45) is 0. The van der Waals surface area contributed by atoms with Gasteiger partial charge in [-0.2, -0.15) is 0 Å². The molecule has 1 aromatic rings. The van der Waals surface area contributed by atoms with E-state index in [1.54, 1.807) is 0 Å². The molecule has 0 N–H and O–H groups in total. The number of amidine groups is 1. The molecule has 0 amide bonds. The van der Waals surface area contributed by atoms with Crippen molar-refractivity contribution in [1.82, 2.24) is 4.90 Å². The molecule has 0 unspecified atom stereocenters. The van der Waals surface area contributed by atoms with Crippen LogP contribution in [-0.2, 0) is 11.3 Å². The van der Waals surface area contributed by atoms with Crippen LogP contribution >= 0.6 is 0 Å². The van der Waals surface area contributed by atoms with Gasteiger partial charge in [0.2, 0.25) is 0 Å². The lowest BCUT2D eigenvalue weighted by atomic mass is 10.2. The van der Waals surface area contributed by atoms with Gasteiger partial charge in [0, 0.05) is 13.6 Å². The second-order valence-corrected chi connectivity index (χ2v) is 3.35. The van der Waals surface area contributed by atoms with Crippen molar-refractivity contribution in [3.63, 3.8) is 0 Å². The quantitative estimate of drug-likeness (QED) is 0.706. The fraction of sp³-hybridized carbons (Fsp3) is 0.364. The minimum absolute atomic E-state index is 0.717. The Morgan fingerprint density at radius 2 is 2.14 bits per heavy atom. The Morgan fingerprint density at radius 3 is 2.79 bits per heavy atom. The summed E-state index contributed by atoms with van der Waals surface area (Å²) in [5, 5.41) is 0. The molecule has 0 aromatic heterocycles. The van der Waals surface area contributed by atoms with Crippen LogP contribution in [0.25, 0.3) is 0 Å². The van der Waals surface area contributed by atoms with E-state index in [-0.39, 0.29) is 0 Å². The maximum absolute atomic E-state index is 5.36. The van der Waals surface area contributed by atoms with Crippen molar-refractivity contribution in [3.05, 3.63) is 35.9 Å². The first-order valence-corrected chi connectivity index (χ1v) is 4.78. The third kappa shape index (κ3) is 2.05. The Balaban J connectivity index is 1.97. The van der Waals surface area contributed by atoms with E-state index in [0.29, 0.717) is 6.61 Å². The Hall–Kier alpha value is -1.51. The zero-order chi connectivity index (χ0) is 9.80. The van der Waals surface area contributed by atoms with Crippen LogP contribution in [0.1, 0.15) is 5.56 Å². The molecule has 0 spiro atoms. The Morgan fingerprint density at radius 1 is 1.36 bits per heavy atom. The molecule has 1 heterocycles. The molecule has 0 fully saturated rings. The lowest BCUT2D eigenvalue weighted by Gasteiger charge is -2.17. The highest BCUT2D eigenvalue weighted by molar-refractivity contribution is 5.74. The van der Waals surface area contributed by atoms with Gasteiger partial charge >= 0.3 is 0 Å². The smallest absolute Gasteiger partial charge is 0.287 e. The van der Waals surface area contributed by atoms with Gasteiger partial charge in [-0.3, -0.25) is 0 Å². The first-order chi connectivity index (χ1) is 6.86. The Labute approximate surface area is 84.0 Å². The van der Waals surface area contributed by atoms with Crippen LogP contribution in [0.2, 0.25) is 0 Å². The number of hydrogen-bond acceptors (Lipinski definition) is 3. The third-order valence-corrected chi connectivity index (χ3v) is 2.16. The van der Waals surface area contributed by atoms with Crippen LogP contribution in [-0.4, -0.2) is 31.1 Å². The summed E-state index contributed by atoms with van der Waals surface area (Å²) < 4.78 is 5.36. The second-order valence-electron chi connectivity index (χ2n) is 3.35. The van der Waals surface area contributed by atoms with Crippen molar-refractivity contribution in [2.45, 2.75) is 6.54 Å². The number of ether oxygens (including phenoxy) is 1. The van der Waals surface area contributed by atoms with Gasteiger partial charge in [-0.05, 0) is 5.56 Å². The second kappa shape index (κ2) is 4.13. The van der Waals surface area contributed by atoms with E-state index in [1.807, 2.05) is 30.1 Å². The number of rotatable bonds is 2.